The summed E-state index contributed by atoms with van der Waals surface area (Å²) >= 11 is 3.29. The average Bonchev–Trinajstić information content (AvgIpc) is 2.36. The molecule has 0 spiro atoms. The van der Waals surface area contributed by atoms with Crippen LogP contribution in [0.5, 0.6) is 5.88 Å². The number of aromatic amines is 1. The summed E-state index contributed by atoms with van der Waals surface area (Å²) in [6.07, 6.45) is 1.46. The summed E-state index contributed by atoms with van der Waals surface area (Å²) in [5.74, 6) is -0.365. The number of H-pyrrole nitrogens is 1. The van der Waals surface area contributed by atoms with Crippen molar-refractivity contribution in [2.24, 2.45) is 0 Å². The normalized spacial score (nSPS) is 10.4. The molecule has 1 aromatic heterocycles. The fraction of sp³-hybridized carbons (Fsp3) is 0.0769. The highest BCUT2D eigenvalue weighted by Crippen LogP contribution is 2.25. The zero-order valence-corrected chi connectivity index (χ0v) is 11.5. The molecule has 0 atom stereocenters. The highest BCUT2D eigenvalue weighted by Gasteiger charge is 2.14. The summed E-state index contributed by atoms with van der Waals surface area (Å²) in [5, 5.41) is 10.1. The molecule has 2 aromatic rings. The van der Waals surface area contributed by atoms with Gasteiger partial charge in [0.15, 0.2) is 0 Å². The molecule has 19 heavy (non-hydrogen) atoms. The summed E-state index contributed by atoms with van der Waals surface area (Å²) in [7, 11) is 0. The van der Waals surface area contributed by atoms with Gasteiger partial charge in [-0.1, -0.05) is 34.1 Å². The minimum Gasteiger partial charge on any atom is -0.494 e. The van der Waals surface area contributed by atoms with Gasteiger partial charge in [0.2, 0.25) is 5.88 Å². The fourth-order valence-corrected chi connectivity index (χ4v) is 2.00. The van der Waals surface area contributed by atoms with E-state index in [1.807, 2.05) is 0 Å². The lowest BCUT2D eigenvalue weighted by Crippen LogP contribution is -2.30. The Hall–Kier alpha value is -2.08. The second-order valence-corrected chi connectivity index (χ2v) is 4.78. The zero-order chi connectivity index (χ0) is 14.0. The van der Waals surface area contributed by atoms with Crippen molar-refractivity contribution < 1.29 is 5.11 Å². The molecule has 0 saturated heterocycles. The quantitative estimate of drug-likeness (QED) is 0.847. The Labute approximate surface area is 117 Å². The minimum atomic E-state index is -0.664. The largest absolute Gasteiger partial charge is 0.494 e. The van der Waals surface area contributed by atoms with Crippen molar-refractivity contribution in [2.45, 2.75) is 6.54 Å². The van der Waals surface area contributed by atoms with Crippen molar-refractivity contribution in [1.82, 2.24) is 9.55 Å². The first-order chi connectivity index (χ1) is 9.04. The van der Waals surface area contributed by atoms with E-state index in [9.17, 15) is 14.7 Å². The molecule has 0 aliphatic carbocycles. The molecule has 0 bridgehead atoms. The van der Waals surface area contributed by atoms with Crippen molar-refractivity contribution in [3.8, 4) is 17.0 Å². The predicted molar refractivity (Wildman–Crippen MR) is 76.3 cm³/mol. The van der Waals surface area contributed by atoms with Gasteiger partial charge in [0.05, 0.1) is 0 Å². The molecule has 0 saturated carbocycles. The van der Waals surface area contributed by atoms with E-state index in [1.165, 1.54) is 6.08 Å². The molecular weight excluding hydrogens is 312 g/mol. The molecule has 0 amide bonds. The molecular formula is C13H11BrN2O3. The summed E-state index contributed by atoms with van der Waals surface area (Å²) < 4.78 is 1.90. The molecule has 0 unspecified atom stereocenters. The molecule has 2 rings (SSSR count). The Balaban J connectivity index is 2.73. The van der Waals surface area contributed by atoms with Gasteiger partial charge in [0, 0.05) is 11.0 Å². The Morgan fingerprint density at radius 3 is 2.53 bits per heavy atom. The first kappa shape index (κ1) is 13.4. The molecule has 0 fully saturated rings. The van der Waals surface area contributed by atoms with Crippen molar-refractivity contribution in [3.63, 3.8) is 0 Å². The molecule has 0 aliphatic heterocycles. The van der Waals surface area contributed by atoms with E-state index in [4.69, 9.17) is 0 Å². The topological polar surface area (TPSA) is 75.1 Å². The summed E-state index contributed by atoms with van der Waals surface area (Å²) in [6.45, 7) is 3.62. The van der Waals surface area contributed by atoms with Gasteiger partial charge >= 0.3 is 5.69 Å². The van der Waals surface area contributed by atoms with Crippen LogP contribution >= 0.6 is 15.9 Å². The van der Waals surface area contributed by atoms with Crippen molar-refractivity contribution in [2.75, 3.05) is 0 Å². The van der Waals surface area contributed by atoms with Crippen LogP contribution < -0.4 is 11.2 Å². The van der Waals surface area contributed by atoms with Gasteiger partial charge < -0.3 is 5.11 Å². The van der Waals surface area contributed by atoms with Crippen LogP contribution in [-0.4, -0.2) is 14.7 Å². The van der Waals surface area contributed by atoms with Crippen molar-refractivity contribution >= 4 is 15.9 Å². The number of nitrogens with one attached hydrogen (secondary N) is 1. The van der Waals surface area contributed by atoms with Crippen molar-refractivity contribution in [3.05, 3.63) is 62.2 Å². The molecule has 1 heterocycles. The molecule has 0 radical (unpaired) electrons. The maximum atomic E-state index is 11.8. The van der Waals surface area contributed by atoms with E-state index in [0.717, 1.165) is 9.04 Å². The highest BCUT2D eigenvalue weighted by molar-refractivity contribution is 9.10. The zero-order valence-electron chi connectivity index (χ0n) is 9.89. The molecule has 5 nitrogen and oxygen atoms in total. The van der Waals surface area contributed by atoms with Gasteiger partial charge in [-0.25, -0.2) is 4.79 Å². The lowest BCUT2D eigenvalue weighted by atomic mass is 10.1. The number of rotatable bonds is 3. The SMILES string of the molecule is C=CCn1c(O)c(-c2ccc(Br)cc2)c(=O)[nH]c1=O. The third kappa shape index (κ3) is 2.53. The number of halogens is 1. The van der Waals surface area contributed by atoms with Gasteiger partial charge in [-0.3, -0.25) is 14.3 Å². The molecule has 0 aliphatic rings. The van der Waals surface area contributed by atoms with Crippen LogP contribution in [0.15, 0.2) is 51.0 Å². The monoisotopic (exact) mass is 322 g/mol. The molecule has 2 N–H and O–H groups in total. The first-order valence-electron chi connectivity index (χ1n) is 5.47. The van der Waals surface area contributed by atoms with Gasteiger partial charge in [-0.05, 0) is 17.7 Å². The number of hydrogen-bond acceptors (Lipinski definition) is 3. The number of aromatic hydroxyl groups is 1. The summed E-state index contributed by atoms with van der Waals surface area (Å²) in [6, 6.07) is 6.85. The van der Waals surface area contributed by atoms with E-state index in [-0.39, 0.29) is 18.0 Å². The number of aromatic nitrogens is 2. The van der Waals surface area contributed by atoms with Crippen molar-refractivity contribution in [1.29, 1.82) is 0 Å². The highest BCUT2D eigenvalue weighted by atomic mass is 79.9. The summed E-state index contributed by atoms with van der Waals surface area (Å²) in [5.41, 5.74) is -0.692. The van der Waals surface area contributed by atoms with Crippen LogP contribution in [-0.2, 0) is 6.54 Å². The lowest BCUT2D eigenvalue weighted by molar-refractivity contribution is 0.413. The average molecular weight is 323 g/mol. The second kappa shape index (κ2) is 5.27. The number of allylic oxidation sites excluding steroid dienone is 1. The lowest BCUT2D eigenvalue weighted by Gasteiger charge is -2.09. The fourth-order valence-electron chi connectivity index (χ4n) is 1.74. The van der Waals surface area contributed by atoms with Crippen LogP contribution in [0.4, 0.5) is 0 Å². The smallest absolute Gasteiger partial charge is 0.331 e. The Morgan fingerprint density at radius 1 is 1.32 bits per heavy atom. The Morgan fingerprint density at radius 2 is 1.95 bits per heavy atom. The first-order valence-corrected chi connectivity index (χ1v) is 6.27. The third-order valence-corrected chi connectivity index (χ3v) is 3.15. The van der Waals surface area contributed by atoms with E-state index >= 15 is 0 Å². The van der Waals surface area contributed by atoms with Gasteiger partial charge in [0.25, 0.3) is 5.56 Å². The van der Waals surface area contributed by atoms with Crippen LogP contribution in [0.25, 0.3) is 11.1 Å². The van der Waals surface area contributed by atoms with E-state index in [0.29, 0.717) is 5.56 Å². The molecule has 6 heteroatoms. The van der Waals surface area contributed by atoms with Crippen LogP contribution in [0, 0.1) is 0 Å². The van der Waals surface area contributed by atoms with E-state index in [2.05, 4.69) is 27.5 Å². The van der Waals surface area contributed by atoms with Gasteiger partial charge in [-0.15, -0.1) is 6.58 Å². The third-order valence-electron chi connectivity index (χ3n) is 2.62. The van der Waals surface area contributed by atoms with Crippen LogP contribution in [0.2, 0.25) is 0 Å². The van der Waals surface area contributed by atoms with Crippen LogP contribution in [0.3, 0.4) is 0 Å². The standard InChI is InChI=1S/C13H11BrN2O3/c1-2-7-16-12(18)10(11(17)15-13(16)19)8-3-5-9(14)6-4-8/h2-6,18H,1,7H2,(H,15,17,19). The summed E-state index contributed by atoms with van der Waals surface area (Å²) in [4.78, 5) is 25.6. The van der Waals surface area contributed by atoms with Crippen LogP contribution in [0.1, 0.15) is 0 Å². The number of hydrogen-bond donors (Lipinski definition) is 2. The number of benzene rings is 1. The van der Waals surface area contributed by atoms with Gasteiger partial charge in [-0.2, -0.15) is 0 Å². The Bertz CT molecular complexity index is 729. The Kier molecular flexibility index (Phi) is 3.71. The predicted octanol–water partition coefficient (Wildman–Crippen LogP) is 1.86. The maximum Gasteiger partial charge on any atom is 0.331 e. The second-order valence-electron chi connectivity index (χ2n) is 3.86. The molecule has 98 valence electrons. The molecule has 1 aromatic carbocycles. The van der Waals surface area contributed by atoms with E-state index in [1.54, 1.807) is 24.3 Å². The van der Waals surface area contributed by atoms with E-state index < -0.39 is 11.2 Å². The minimum absolute atomic E-state index is 0.0638. The number of nitrogens with zero attached hydrogens (tertiary/aromatic N) is 1. The maximum absolute atomic E-state index is 11.8. The van der Waals surface area contributed by atoms with Gasteiger partial charge in [0.1, 0.15) is 5.56 Å².